The van der Waals surface area contributed by atoms with E-state index in [1.165, 1.54) is 0 Å². The Morgan fingerprint density at radius 2 is 1.94 bits per heavy atom. The number of amides is 1. The molecule has 1 aromatic rings. The topological polar surface area (TPSA) is 129 Å². The highest BCUT2D eigenvalue weighted by Gasteiger charge is 2.31. The van der Waals surface area contributed by atoms with Crippen LogP contribution in [0.15, 0.2) is 12.1 Å². The summed E-state index contributed by atoms with van der Waals surface area (Å²) in [7, 11) is 1.72. The second-order valence-electron chi connectivity index (χ2n) is 8.04. The van der Waals surface area contributed by atoms with Gasteiger partial charge in [-0.25, -0.2) is 4.79 Å². The highest BCUT2D eigenvalue weighted by molar-refractivity contribution is 6.33. The minimum Gasteiger partial charge on any atom is -0.454 e. The lowest BCUT2D eigenvalue weighted by atomic mass is 10.0. The third kappa shape index (κ3) is 7.48. The first-order chi connectivity index (χ1) is 15.9. The fraction of sp³-hybridized carbons (Fsp3) is 0.591. The van der Waals surface area contributed by atoms with E-state index in [0.717, 1.165) is 56.8 Å². The lowest BCUT2D eigenvalue weighted by Crippen LogP contribution is -2.39. The van der Waals surface area contributed by atoms with Gasteiger partial charge in [0.1, 0.15) is 5.75 Å². The first kappa shape index (κ1) is 25.1. The molecule has 0 aliphatic carbocycles. The molecule has 1 fully saturated rings. The Hall–Kier alpha value is -2.56. The molecular formula is C22H30ClN3O7. The normalized spacial score (nSPS) is 18.3. The summed E-state index contributed by atoms with van der Waals surface area (Å²) >= 11 is 6.48. The van der Waals surface area contributed by atoms with Crippen LogP contribution in [0.3, 0.4) is 0 Å². The molecule has 1 amide bonds. The van der Waals surface area contributed by atoms with E-state index in [1.54, 1.807) is 19.2 Å². The van der Waals surface area contributed by atoms with Crippen LogP contribution in [-0.4, -0.2) is 68.6 Å². The molecule has 0 spiro atoms. The molecule has 3 N–H and O–H groups in total. The summed E-state index contributed by atoms with van der Waals surface area (Å²) in [4.78, 5) is 36.4. The molecule has 182 valence electrons. The van der Waals surface area contributed by atoms with Gasteiger partial charge >= 0.3 is 18.0 Å². The Morgan fingerprint density at radius 1 is 1.21 bits per heavy atom. The molecule has 33 heavy (non-hydrogen) atoms. The lowest BCUT2D eigenvalue weighted by molar-refractivity contribution is -0.163. The number of rotatable bonds is 10. The van der Waals surface area contributed by atoms with Crippen molar-refractivity contribution < 1.29 is 33.3 Å². The molecule has 1 atom stereocenters. The van der Waals surface area contributed by atoms with Crippen molar-refractivity contribution in [3.05, 3.63) is 22.7 Å². The second-order valence-corrected chi connectivity index (χ2v) is 8.45. The smallest absolute Gasteiger partial charge is 0.412 e. The molecule has 11 heteroatoms. The van der Waals surface area contributed by atoms with Crippen LogP contribution in [0.1, 0.15) is 37.7 Å². The molecule has 0 saturated carbocycles. The van der Waals surface area contributed by atoms with Crippen molar-refractivity contribution in [3.8, 4) is 5.75 Å². The summed E-state index contributed by atoms with van der Waals surface area (Å²) in [6.45, 7) is 3.81. The van der Waals surface area contributed by atoms with Gasteiger partial charge < -0.3 is 34.9 Å². The third-order valence-electron chi connectivity index (χ3n) is 5.62. The zero-order valence-corrected chi connectivity index (χ0v) is 19.4. The SMILES string of the molecule is COCCCN1CCC(Nc2c(Cl)ccc3c2CC(OC(=O)CCC(=O)OC(N)=O)O3)CC1. The van der Waals surface area contributed by atoms with E-state index in [4.69, 9.17) is 31.5 Å². The van der Waals surface area contributed by atoms with Crippen LogP contribution in [0, 0.1) is 0 Å². The number of esters is 2. The molecule has 0 bridgehead atoms. The van der Waals surface area contributed by atoms with Crippen molar-refractivity contribution >= 4 is 35.3 Å². The monoisotopic (exact) mass is 483 g/mol. The van der Waals surface area contributed by atoms with Gasteiger partial charge in [-0.1, -0.05) is 11.6 Å². The number of benzene rings is 1. The highest BCUT2D eigenvalue weighted by atomic mass is 35.5. The van der Waals surface area contributed by atoms with Gasteiger partial charge in [0, 0.05) is 45.0 Å². The number of primary amides is 1. The quantitative estimate of drug-likeness (QED) is 0.293. The first-order valence-corrected chi connectivity index (χ1v) is 11.4. The molecule has 0 radical (unpaired) electrons. The van der Waals surface area contributed by atoms with Crippen LogP contribution in [0.25, 0.3) is 0 Å². The van der Waals surface area contributed by atoms with Gasteiger partial charge in [0.2, 0.25) is 6.29 Å². The number of carbonyl (C=O) groups is 3. The summed E-state index contributed by atoms with van der Waals surface area (Å²) in [6, 6.07) is 3.79. The van der Waals surface area contributed by atoms with Gasteiger partial charge in [-0.2, -0.15) is 0 Å². The third-order valence-corrected chi connectivity index (χ3v) is 5.93. The number of ether oxygens (including phenoxy) is 4. The maximum Gasteiger partial charge on any atom is 0.412 e. The van der Waals surface area contributed by atoms with E-state index in [9.17, 15) is 14.4 Å². The molecule has 1 unspecified atom stereocenters. The Morgan fingerprint density at radius 3 is 2.64 bits per heavy atom. The van der Waals surface area contributed by atoms with E-state index in [-0.39, 0.29) is 18.9 Å². The summed E-state index contributed by atoms with van der Waals surface area (Å²) in [5.41, 5.74) is 6.42. The van der Waals surface area contributed by atoms with Crippen molar-refractivity contribution in [3.63, 3.8) is 0 Å². The summed E-state index contributed by atoms with van der Waals surface area (Å²) in [6.07, 6.45) is 0.753. The molecule has 10 nitrogen and oxygen atoms in total. The second kappa shape index (κ2) is 12.1. The minimum atomic E-state index is -1.21. The number of halogens is 1. The van der Waals surface area contributed by atoms with Crippen molar-refractivity contribution in [2.75, 3.05) is 38.7 Å². The summed E-state index contributed by atoms with van der Waals surface area (Å²) in [5.74, 6) is -0.932. The Balaban J connectivity index is 1.50. The van der Waals surface area contributed by atoms with Gasteiger partial charge in [-0.15, -0.1) is 0 Å². The zero-order valence-electron chi connectivity index (χ0n) is 18.6. The molecule has 1 aromatic carbocycles. The van der Waals surface area contributed by atoms with Crippen molar-refractivity contribution in [2.24, 2.45) is 5.73 Å². The molecule has 2 aliphatic heterocycles. The number of carbonyl (C=O) groups excluding carboxylic acids is 3. The van der Waals surface area contributed by atoms with Crippen LogP contribution in [0.4, 0.5) is 10.5 Å². The Bertz CT molecular complexity index is 859. The van der Waals surface area contributed by atoms with E-state index in [0.29, 0.717) is 17.2 Å². The highest BCUT2D eigenvalue weighted by Crippen LogP contribution is 2.40. The van der Waals surface area contributed by atoms with Crippen molar-refractivity contribution in [1.82, 2.24) is 4.90 Å². The lowest BCUT2D eigenvalue weighted by Gasteiger charge is -2.33. The van der Waals surface area contributed by atoms with E-state index >= 15 is 0 Å². The van der Waals surface area contributed by atoms with Crippen molar-refractivity contribution in [2.45, 2.75) is 50.9 Å². The van der Waals surface area contributed by atoms with E-state index in [1.807, 2.05) is 0 Å². The molecule has 0 aromatic heterocycles. The number of nitrogens with two attached hydrogens (primary N) is 1. The number of hydrogen-bond acceptors (Lipinski definition) is 9. The van der Waals surface area contributed by atoms with Crippen LogP contribution in [0.2, 0.25) is 5.02 Å². The average Bonchev–Trinajstić information content (AvgIpc) is 3.18. The van der Waals surface area contributed by atoms with Gasteiger partial charge in [-0.05, 0) is 31.4 Å². The number of nitrogens with one attached hydrogen (secondary N) is 1. The summed E-state index contributed by atoms with van der Waals surface area (Å²) < 4.78 is 20.4. The number of likely N-dealkylation sites (tertiary alicyclic amines) is 1. The largest absolute Gasteiger partial charge is 0.454 e. The van der Waals surface area contributed by atoms with Crippen LogP contribution in [-0.2, 0) is 30.2 Å². The molecule has 1 saturated heterocycles. The minimum absolute atomic E-state index is 0.253. The number of methoxy groups -OCH3 is 1. The standard InChI is InChI=1S/C22H30ClN3O7/c1-30-12-2-9-26-10-7-14(8-11-26)25-21-15-13-20(31-17(15)4-3-16(21)23)32-18(27)5-6-19(28)33-22(24)29/h3-4,14,20,25H,2,5-13H2,1H3,(H2,24,29). The zero-order chi connectivity index (χ0) is 23.8. The van der Waals surface area contributed by atoms with Gasteiger partial charge in [0.25, 0.3) is 0 Å². The fourth-order valence-electron chi connectivity index (χ4n) is 4.00. The van der Waals surface area contributed by atoms with Crippen LogP contribution >= 0.6 is 11.6 Å². The van der Waals surface area contributed by atoms with Crippen molar-refractivity contribution in [1.29, 1.82) is 0 Å². The maximum absolute atomic E-state index is 12.1. The van der Waals surface area contributed by atoms with Crippen LogP contribution in [0.5, 0.6) is 5.75 Å². The first-order valence-electron chi connectivity index (χ1n) is 11.0. The average molecular weight is 484 g/mol. The van der Waals surface area contributed by atoms with Crippen LogP contribution < -0.4 is 15.8 Å². The molecule has 2 aliphatic rings. The van der Waals surface area contributed by atoms with Gasteiger partial charge in [0.05, 0.1) is 30.0 Å². The van der Waals surface area contributed by atoms with Gasteiger partial charge in [0.15, 0.2) is 0 Å². The maximum atomic E-state index is 12.1. The predicted molar refractivity (Wildman–Crippen MR) is 120 cm³/mol. The molecular weight excluding hydrogens is 454 g/mol. The Labute approximate surface area is 197 Å². The molecule has 3 rings (SSSR count). The van der Waals surface area contributed by atoms with E-state index < -0.39 is 24.3 Å². The van der Waals surface area contributed by atoms with E-state index in [2.05, 4.69) is 15.0 Å². The summed E-state index contributed by atoms with van der Waals surface area (Å²) in [5, 5.41) is 4.15. The number of nitrogens with zero attached hydrogens (tertiary/aromatic N) is 1. The van der Waals surface area contributed by atoms with Gasteiger partial charge in [-0.3, -0.25) is 9.59 Å². The number of piperidine rings is 1. The molecule has 2 heterocycles. The number of fused-ring (bicyclic) bond motifs is 1. The number of hydrogen-bond donors (Lipinski definition) is 2. The fourth-order valence-corrected chi connectivity index (χ4v) is 4.23. The number of anilines is 1. The Kier molecular flexibility index (Phi) is 9.16. The predicted octanol–water partition coefficient (Wildman–Crippen LogP) is 2.46.